The van der Waals surface area contributed by atoms with Gasteiger partial charge in [0.2, 0.25) is 0 Å². The van der Waals surface area contributed by atoms with Gasteiger partial charge in [-0.25, -0.2) is 0 Å². The normalized spacial score (nSPS) is 12.3. The van der Waals surface area contributed by atoms with Gasteiger partial charge in [0.1, 0.15) is 22.4 Å². The largest absolute Gasteiger partial charge is 0.172 e. The van der Waals surface area contributed by atoms with Crippen molar-refractivity contribution in [2.45, 2.75) is 0 Å². The van der Waals surface area contributed by atoms with Crippen LogP contribution in [0.2, 0.25) is 0 Å². The molecule has 0 unspecified atom stereocenters. The smallest absolute Gasteiger partial charge is 0.116 e. The second-order valence-corrected chi connectivity index (χ2v) is 14.9. The van der Waals surface area contributed by atoms with Crippen molar-refractivity contribution in [1.82, 2.24) is 8.75 Å². The maximum Gasteiger partial charge on any atom is 0.116 e. The number of benzene rings is 3. The fourth-order valence-corrected chi connectivity index (χ4v) is 8.75. The molecule has 1 aliphatic rings. The molecule has 186 valence electrons. The second-order valence-electron chi connectivity index (χ2n) is 8.26. The Kier molecular flexibility index (Phi) is 6.88. The highest BCUT2D eigenvalue weighted by molar-refractivity contribution is 9.13. The Labute approximate surface area is 266 Å². The molecule has 0 bridgehead atoms. The number of fused-ring (bicyclic) bond motifs is 2. The Morgan fingerprint density at radius 1 is 0.500 bits per heavy atom. The summed E-state index contributed by atoms with van der Waals surface area (Å²) >= 11 is 20.3. The quantitative estimate of drug-likeness (QED) is 0.177. The number of rotatable bonds is 4. The lowest BCUT2D eigenvalue weighted by Gasteiger charge is -2.09. The molecular weight excluding hydrogens is 816 g/mol. The maximum absolute atomic E-state index is 4.76. The molecule has 38 heavy (non-hydrogen) atoms. The lowest BCUT2D eigenvalue weighted by Crippen LogP contribution is -1.85. The molecule has 1 aliphatic heterocycles. The second kappa shape index (κ2) is 10.2. The molecule has 0 atom stereocenters. The lowest BCUT2D eigenvalue weighted by molar-refractivity contribution is 1.54. The van der Waals surface area contributed by atoms with Crippen molar-refractivity contribution in [3.63, 3.8) is 0 Å². The van der Waals surface area contributed by atoms with Gasteiger partial charge in [-0.2, -0.15) is 17.5 Å². The maximum atomic E-state index is 4.76. The average molecular weight is 826 g/mol. The molecule has 0 spiro atoms. The van der Waals surface area contributed by atoms with Crippen molar-refractivity contribution in [3.8, 4) is 41.8 Å². The van der Waals surface area contributed by atoms with Crippen LogP contribution in [-0.4, -0.2) is 8.75 Å². The van der Waals surface area contributed by atoms with Crippen LogP contribution in [0.5, 0.6) is 0 Å². The van der Waals surface area contributed by atoms with Crippen LogP contribution >= 0.6 is 98.1 Å². The third-order valence-electron chi connectivity index (χ3n) is 6.04. The van der Waals surface area contributed by atoms with E-state index in [1.807, 2.05) is 0 Å². The highest BCUT2D eigenvalue weighted by Gasteiger charge is 2.27. The summed E-state index contributed by atoms with van der Waals surface area (Å²) in [5.41, 5.74) is 7.80. The molecule has 0 N–H and O–H groups in total. The Balaban J connectivity index is 1.37. The number of aromatic nitrogens is 2. The van der Waals surface area contributed by atoms with Gasteiger partial charge in [-0.3, -0.25) is 0 Å². The summed E-state index contributed by atoms with van der Waals surface area (Å²) in [7, 11) is 0. The fraction of sp³-hybridized carbons (Fsp3) is 0. The van der Waals surface area contributed by atoms with Crippen molar-refractivity contribution >= 4 is 132 Å². The van der Waals surface area contributed by atoms with Crippen molar-refractivity contribution in [2.75, 3.05) is 0 Å². The molecule has 3 aromatic heterocycles. The molecule has 4 nitrogen and oxygen atoms in total. The molecule has 7 rings (SSSR count). The predicted molar refractivity (Wildman–Crippen MR) is 177 cm³/mol. The topological polar surface area (TPSA) is 50.5 Å². The molecule has 3 aromatic carbocycles. The fourth-order valence-electron chi connectivity index (χ4n) is 4.28. The summed E-state index contributed by atoms with van der Waals surface area (Å²) in [6.45, 7) is 0. The zero-order valence-corrected chi connectivity index (χ0v) is 28.3. The van der Waals surface area contributed by atoms with Gasteiger partial charge in [-0.1, -0.05) is 12.1 Å². The van der Waals surface area contributed by atoms with Gasteiger partial charge < -0.3 is 0 Å². The van der Waals surface area contributed by atoms with Crippen LogP contribution in [0.4, 0.5) is 11.4 Å². The number of hydrogen-bond donors (Lipinski definition) is 0. The van der Waals surface area contributed by atoms with Crippen LogP contribution < -0.4 is 0 Å². The minimum atomic E-state index is 0.872. The van der Waals surface area contributed by atoms with Gasteiger partial charge in [-0.15, -0.1) is 22.7 Å². The molecule has 12 heteroatoms. The number of nitrogens with zero attached hydrogens (tertiary/aromatic N) is 4. The van der Waals surface area contributed by atoms with Gasteiger partial charge in [-0.05, 0) is 123 Å². The SMILES string of the molecule is Brc1ccc(-c2ccc(-c3c4c(c(-c5ccc(-c6ccc(Br)c(Br)c6)s5)c5nsnc35)N=S=N4)s2)cc1Br. The van der Waals surface area contributed by atoms with Crippen molar-refractivity contribution in [2.24, 2.45) is 8.73 Å². The van der Waals surface area contributed by atoms with E-state index in [0.29, 0.717) is 0 Å². The van der Waals surface area contributed by atoms with Gasteiger partial charge in [0, 0.05) is 48.5 Å². The van der Waals surface area contributed by atoms with Crippen molar-refractivity contribution in [3.05, 3.63) is 78.6 Å². The van der Waals surface area contributed by atoms with Crippen LogP contribution in [-0.2, 0) is 11.4 Å². The first kappa shape index (κ1) is 25.6. The Morgan fingerprint density at radius 2 is 0.947 bits per heavy atom. The molecule has 6 aromatic rings. The van der Waals surface area contributed by atoms with Crippen molar-refractivity contribution < 1.29 is 0 Å². The first-order chi connectivity index (χ1) is 18.5. The van der Waals surface area contributed by atoms with Crippen LogP contribution in [0.15, 0.2) is 87.3 Å². The van der Waals surface area contributed by atoms with Crippen molar-refractivity contribution in [1.29, 1.82) is 0 Å². The number of hydrogen-bond acceptors (Lipinski definition) is 7. The Bertz CT molecular complexity index is 1850. The molecule has 4 heterocycles. The highest BCUT2D eigenvalue weighted by atomic mass is 79.9. The summed E-state index contributed by atoms with van der Waals surface area (Å²) in [6.07, 6.45) is 0. The summed E-state index contributed by atoms with van der Waals surface area (Å²) in [5.74, 6) is 0. The van der Waals surface area contributed by atoms with Gasteiger partial charge >= 0.3 is 0 Å². The lowest BCUT2D eigenvalue weighted by atomic mass is 10.0. The van der Waals surface area contributed by atoms with E-state index in [4.69, 9.17) is 17.5 Å². The molecule has 0 saturated carbocycles. The third kappa shape index (κ3) is 4.37. The molecule has 0 amide bonds. The van der Waals surface area contributed by atoms with Crippen LogP contribution in [0.3, 0.4) is 0 Å². The molecule has 0 saturated heterocycles. The predicted octanol–water partition coefficient (Wildman–Crippen LogP) is 12.3. The standard InChI is InChI=1S/C26H10Br4N4S4/c27-13-3-1-11(9-15(13)29)17-5-7-19(35-17)21-23-25(33-37-31-23)22(26-24(21)32-38-34-26)20-8-6-18(36-20)12-2-4-14(28)16(30)10-12/h1-10H. The molecule has 0 radical (unpaired) electrons. The van der Waals surface area contributed by atoms with Gasteiger partial charge in [0.05, 0.1) is 23.1 Å². The first-order valence-corrected chi connectivity index (χ1v) is 17.3. The average Bonchev–Trinajstić information content (AvgIpc) is 3.72. The number of halogens is 4. The van der Waals surface area contributed by atoms with E-state index in [9.17, 15) is 0 Å². The van der Waals surface area contributed by atoms with E-state index in [2.05, 4.69) is 124 Å². The minimum Gasteiger partial charge on any atom is -0.172 e. The van der Waals surface area contributed by atoms with E-state index >= 15 is 0 Å². The molecule has 0 aliphatic carbocycles. The Hall–Kier alpha value is -1.38. The van der Waals surface area contributed by atoms with E-state index in [1.54, 1.807) is 22.7 Å². The molecular formula is C26H10Br4N4S4. The Morgan fingerprint density at radius 3 is 1.39 bits per heavy atom. The zero-order chi connectivity index (χ0) is 26.0. The summed E-state index contributed by atoms with van der Waals surface area (Å²) < 4.78 is 23.1. The summed E-state index contributed by atoms with van der Waals surface area (Å²) in [4.78, 5) is 4.56. The van der Waals surface area contributed by atoms with E-state index in [0.717, 1.165) is 72.3 Å². The molecule has 0 fully saturated rings. The van der Waals surface area contributed by atoms with E-state index in [1.165, 1.54) is 32.8 Å². The minimum absolute atomic E-state index is 0.872. The summed E-state index contributed by atoms with van der Waals surface area (Å²) in [6, 6.07) is 21.2. The first-order valence-electron chi connectivity index (χ1n) is 11.0. The highest BCUT2D eigenvalue weighted by Crippen LogP contribution is 2.54. The van der Waals surface area contributed by atoms with Gasteiger partial charge in [0.15, 0.2) is 0 Å². The number of thiophene rings is 2. The van der Waals surface area contributed by atoms with Crippen LogP contribution in [0.1, 0.15) is 0 Å². The van der Waals surface area contributed by atoms with E-state index in [-0.39, 0.29) is 0 Å². The monoisotopic (exact) mass is 822 g/mol. The zero-order valence-electron chi connectivity index (χ0n) is 18.7. The van der Waals surface area contributed by atoms with Gasteiger partial charge in [0.25, 0.3) is 0 Å². The van der Waals surface area contributed by atoms with Crippen LogP contribution in [0.25, 0.3) is 52.8 Å². The van der Waals surface area contributed by atoms with E-state index < -0.39 is 0 Å². The summed E-state index contributed by atoms with van der Waals surface area (Å²) in [5, 5.41) is 0. The van der Waals surface area contributed by atoms with Crippen LogP contribution in [0, 0.1) is 0 Å². The third-order valence-corrected chi connectivity index (χ3v) is 13.2.